The van der Waals surface area contributed by atoms with Crippen molar-refractivity contribution >= 4 is 11.6 Å². The molecule has 3 rings (SSSR count). The number of nitrogens with one attached hydrogen (secondary N) is 1. The standard InChI is InChI=1S/C22H34N4O4/c1-12(2)26-21(28)18(14(4)25(26)8)23-20(27)17-13(3)19(30-24-17)15-10-9-11-16(29-15)22(5,6)7/h12,15-16H,9-11H2,1-8H3,(H,23,27)/t15-,16+/m1/s1. The molecule has 166 valence electrons. The van der Waals surface area contributed by atoms with Crippen LogP contribution in [0.25, 0.3) is 0 Å². The van der Waals surface area contributed by atoms with E-state index in [9.17, 15) is 9.59 Å². The largest absolute Gasteiger partial charge is 0.366 e. The molecule has 0 spiro atoms. The lowest BCUT2D eigenvalue weighted by Crippen LogP contribution is -2.34. The van der Waals surface area contributed by atoms with Crippen molar-refractivity contribution in [2.45, 2.75) is 86.0 Å². The molecule has 1 saturated heterocycles. The van der Waals surface area contributed by atoms with Crippen LogP contribution in [0.4, 0.5) is 5.69 Å². The van der Waals surface area contributed by atoms with Crippen LogP contribution in [-0.2, 0) is 11.8 Å². The van der Waals surface area contributed by atoms with Gasteiger partial charge in [0.2, 0.25) is 0 Å². The smallest absolute Gasteiger partial charge is 0.290 e. The van der Waals surface area contributed by atoms with Gasteiger partial charge in [-0.25, -0.2) is 4.68 Å². The van der Waals surface area contributed by atoms with E-state index >= 15 is 0 Å². The number of ether oxygens (including phenoxy) is 1. The highest BCUT2D eigenvalue weighted by atomic mass is 16.5. The van der Waals surface area contributed by atoms with Crippen LogP contribution in [0, 0.1) is 19.3 Å². The van der Waals surface area contributed by atoms with E-state index in [1.165, 1.54) is 0 Å². The average molecular weight is 419 g/mol. The molecular formula is C22H34N4O4. The van der Waals surface area contributed by atoms with Gasteiger partial charge in [-0.3, -0.25) is 14.3 Å². The van der Waals surface area contributed by atoms with Gasteiger partial charge in [0.1, 0.15) is 11.8 Å². The van der Waals surface area contributed by atoms with Crippen LogP contribution >= 0.6 is 0 Å². The van der Waals surface area contributed by atoms with Crippen LogP contribution < -0.4 is 10.9 Å². The maximum Gasteiger partial charge on any atom is 0.290 e. The van der Waals surface area contributed by atoms with Gasteiger partial charge in [-0.1, -0.05) is 25.9 Å². The molecule has 0 aliphatic carbocycles. The Hall–Kier alpha value is -2.35. The van der Waals surface area contributed by atoms with E-state index in [1.54, 1.807) is 23.3 Å². The fourth-order valence-corrected chi connectivity index (χ4v) is 4.14. The summed E-state index contributed by atoms with van der Waals surface area (Å²) in [6, 6.07) is -0.0218. The van der Waals surface area contributed by atoms with Gasteiger partial charge in [-0.2, -0.15) is 0 Å². The number of hydrogen-bond acceptors (Lipinski definition) is 5. The second kappa shape index (κ2) is 8.06. The molecule has 2 aromatic heterocycles. The highest BCUT2D eigenvalue weighted by Gasteiger charge is 2.35. The first-order valence-corrected chi connectivity index (χ1v) is 10.6. The molecule has 2 aromatic rings. The van der Waals surface area contributed by atoms with Gasteiger partial charge in [0, 0.05) is 18.7 Å². The summed E-state index contributed by atoms with van der Waals surface area (Å²) >= 11 is 0. The Morgan fingerprint density at radius 2 is 1.90 bits per heavy atom. The number of amides is 1. The third-order valence-corrected chi connectivity index (χ3v) is 6.01. The van der Waals surface area contributed by atoms with Crippen molar-refractivity contribution in [3.8, 4) is 0 Å². The SMILES string of the molecule is Cc1c(C(=O)Nc2c(C)n(C)n(C(C)C)c2=O)noc1[C@H]1CCC[C@@H](C(C)(C)C)O1. The Kier molecular flexibility index (Phi) is 6.00. The zero-order chi connectivity index (χ0) is 22.4. The fourth-order valence-electron chi connectivity index (χ4n) is 4.14. The van der Waals surface area contributed by atoms with Gasteiger partial charge in [-0.05, 0) is 52.4 Å². The van der Waals surface area contributed by atoms with Crippen molar-refractivity contribution in [1.29, 1.82) is 0 Å². The van der Waals surface area contributed by atoms with Crippen molar-refractivity contribution in [3.63, 3.8) is 0 Å². The van der Waals surface area contributed by atoms with Gasteiger partial charge in [0.25, 0.3) is 11.5 Å². The molecular weight excluding hydrogens is 384 g/mol. The molecule has 30 heavy (non-hydrogen) atoms. The minimum atomic E-state index is -0.451. The van der Waals surface area contributed by atoms with E-state index in [0.717, 1.165) is 19.3 Å². The van der Waals surface area contributed by atoms with E-state index < -0.39 is 5.91 Å². The van der Waals surface area contributed by atoms with Crippen LogP contribution in [-0.4, -0.2) is 26.5 Å². The number of carbonyl (C=O) groups excluding carboxylic acids is 1. The highest BCUT2D eigenvalue weighted by molar-refractivity contribution is 6.04. The van der Waals surface area contributed by atoms with E-state index in [4.69, 9.17) is 9.26 Å². The topological polar surface area (TPSA) is 91.3 Å². The summed E-state index contributed by atoms with van der Waals surface area (Å²) in [5, 5.41) is 6.76. The number of hydrogen-bond donors (Lipinski definition) is 1. The Bertz CT molecular complexity index is 990. The summed E-state index contributed by atoms with van der Waals surface area (Å²) in [6.07, 6.45) is 2.79. The lowest BCUT2D eigenvalue weighted by Gasteiger charge is -2.37. The number of carbonyl (C=O) groups is 1. The maximum atomic E-state index is 12.9. The van der Waals surface area contributed by atoms with Crippen LogP contribution in [0.3, 0.4) is 0 Å². The van der Waals surface area contributed by atoms with Gasteiger partial charge < -0.3 is 14.6 Å². The van der Waals surface area contributed by atoms with Crippen molar-refractivity contribution in [2.75, 3.05) is 5.32 Å². The summed E-state index contributed by atoms with van der Waals surface area (Å²) in [7, 11) is 1.80. The summed E-state index contributed by atoms with van der Waals surface area (Å²) in [5.41, 5.74) is 1.60. The molecule has 1 N–H and O–H groups in total. The maximum absolute atomic E-state index is 12.9. The highest BCUT2D eigenvalue weighted by Crippen LogP contribution is 2.39. The summed E-state index contributed by atoms with van der Waals surface area (Å²) < 4.78 is 15.2. The Morgan fingerprint density at radius 1 is 1.23 bits per heavy atom. The molecule has 0 unspecified atom stereocenters. The third-order valence-electron chi connectivity index (χ3n) is 6.01. The summed E-state index contributed by atoms with van der Waals surface area (Å²) in [5.74, 6) is 0.144. The predicted molar refractivity (Wildman–Crippen MR) is 115 cm³/mol. The normalized spacial score (nSPS) is 20.0. The van der Waals surface area contributed by atoms with Gasteiger partial charge in [-0.15, -0.1) is 0 Å². The molecule has 3 heterocycles. The van der Waals surface area contributed by atoms with Crippen LogP contribution in [0.15, 0.2) is 9.32 Å². The fraction of sp³-hybridized carbons (Fsp3) is 0.682. The van der Waals surface area contributed by atoms with Crippen LogP contribution in [0.5, 0.6) is 0 Å². The first-order chi connectivity index (χ1) is 13.9. The van der Waals surface area contributed by atoms with E-state index in [-0.39, 0.29) is 40.6 Å². The first kappa shape index (κ1) is 22.3. The van der Waals surface area contributed by atoms with Crippen molar-refractivity contribution in [1.82, 2.24) is 14.5 Å². The predicted octanol–water partition coefficient (Wildman–Crippen LogP) is 4.28. The third kappa shape index (κ3) is 3.97. The lowest BCUT2D eigenvalue weighted by molar-refractivity contribution is -0.109. The van der Waals surface area contributed by atoms with Crippen molar-refractivity contribution < 1.29 is 14.1 Å². The zero-order valence-electron chi connectivity index (χ0n) is 19.3. The van der Waals surface area contributed by atoms with Gasteiger partial charge in [0.05, 0.1) is 11.8 Å². The zero-order valence-corrected chi connectivity index (χ0v) is 19.3. The quantitative estimate of drug-likeness (QED) is 0.800. The number of aromatic nitrogens is 3. The summed E-state index contributed by atoms with van der Waals surface area (Å²) in [4.78, 5) is 25.7. The second-order valence-electron chi connectivity index (χ2n) is 9.61. The molecule has 1 amide bonds. The van der Waals surface area contributed by atoms with Crippen LogP contribution in [0.1, 0.15) is 93.5 Å². The van der Waals surface area contributed by atoms with E-state index in [0.29, 0.717) is 17.0 Å². The molecule has 1 fully saturated rings. The minimum absolute atomic E-state index is 0.0218. The molecule has 8 heteroatoms. The number of nitrogens with zero attached hydrogens (tertiary/aromatic N) is 3. The number of anilines is 1. The average Bonchev–Trinajstić information content (AvgIpc) is 3.14. The van der Waals surface area contributed by atoms with Gasteiger partial charge in [0.15, 0.2) is 11.5 Å². The molecule has 8 nitrogen and oxygen atoms in total. The molecule has 0 bridgehead atoms. The first-order valence-electron chi connectivity index (χ1n) is 10.6. The Labute approximate surface area is 177 Å². The molecule has 0 aromatic carbocycles. The number of rotatable bonds is 4. The van der Waals surface area contributed by atoms with Crippen molar-refractivity contribution in [2.24, 2.45) is 12.5 Å². The van der Waals surface area contributed by atoms with Crippen molar-refractivity contribution in [3.05, 3.63) is 33.1 Å². The Morgan fingerprint density at radius 3 is 2.47 bits per heavy atom. The molecule has 2 atom stereocenters. The van der Waals surface area contributed by atoms with E-state index in [1.807, 2.05) is 20.8 Å². The van der Waals surface area contributed by atoms with E-state index in [2.05, 4.69) is 31.2 Å². The Balaban J connectivity index is 1.84. The second-order valence-corrected chi connectivity index (χ2v) is 9.61. The lowest BCUT2D eigenvalue weighted by atomic mass is 9.83. The monoisotopic (exact) mass is 418 g/mol. The molecule has 1 aliphatic heterocycles. The van der Waals surface area contributed by atoms with Crippen LogP contribution in [0.2, 0.25) is 0 Å². The van der Waals surface area contributed by atoms with Gasteiger partial charge >= 0.3 is 0 Å². The minimum Gasteiger partial charge on any atom is -0.366 e. The molecule has 0 saturated carbocycles. The summed E-state index contributed by atoms with van der Waals surface area (Å²) in [6.45, 7) is 14.0. The molecule has 0 radical (unpaired) electrons. The molecule has 1 aliphatic rings.